The fourth-order valence-electron chi connectivity index (χ4n) is 3.12. The van der Waals surface area contributed by atoms with Crippen LogP contribution in [0, 0.1) is 17.5 Å². The van der Waals surface area contributed by atoms with Crippen molar-refractivity contribution in [2.24, 2.45) is 0 Å². The standard InChI is InChI=1S/C22H21F3N4O5/c23-15-1-2-20(19(9-15)27-13-32)29(10-21(33)26-3-4-30)11-22(34)28-18(12-31)7-14-5-16(24)8-17(25)6-14/h1-2,4-6,8-9,12-13,18H,3,7,10-11H2,(H,26,33)(H,27,32)(H,28,34). The number of amides is 3. The monoisotopic (exact) mass is 478 g/mol. The topological polar surface area (TPSA) is 125 Å². The van der Waals surface area contributed by atoms with Crippen LogP contribution < -0.4 is 20.9 Å². The summed E-state index contributed by atoms with van der Waals surface area (Å²) in [6.07, 6.45) is 0.928. The van der Waals surface area contributed by atoms with E-state index >= 15 is 0 Å². The SMILES string of the molecule is O=CCNC(=O)CN(CC(=O)NC(C=O)Cc1cc(F)cc(F)c1)c1ccc(F)cc1NC=O. The van der Waals surface area contributed by atoms with Gasteiger partial charge in [-0.2, -0.15) is 0 Å². The second-order valence-corrected chi connectivity index (χ2v) is 7.04. The minimum absolute atomic E-state index is 0.0341. The molecular formula is C22H21F3N4O5. The third kappa shape index (κ3) is 8.04. The zero-order valence-electron chi connectivity index (χ0n) is 17.7. The quantitative estimate of drug-likeness (QED) is 0.365. The van der Waals surface area contributed by atoms with Gasteiger partial charge in [-0.1, -0.05) is 0 Å². The molecule has 0 aliphatic carbocycles. The molecule has 1 unspecified atom stereocenters. The van der Waals surface area contributed by atoms with Gasteiger partial charge in [-0.15, -0.1) is 0 Å². The largest absolute Gasteiger partial charge is 0.351 e. The van der Waals surface area contributed by atoms with Crippen LogP contribution in [-0.4, -0.2) is 56.5 Å². The van der Waals surface area contributed by atoms with Gasteiger partial charge >= 0.3 is 0 Å². The molecule has 180 valence electrons. The maximum Gasteiger partial charge on any atom is 0.240 e. The molecule has 0 aliphatic heterocycles. The van der Waals surface area contributed by atoms with Crippen molar-refractivity contribution in [2.75, 3.05) is 29.9 Å². The van der Waals surface area contributed by atoms with Gasteiger partial charge in [-0.25, -0.2) is 13.2 Å². The molecule has 0 heterocycles. The van der Waals surface area contributed by atoms with Gasteiger partial charge in [0.05, 0.1) is 37.1 Å². The van der Waals surface area contributed by atoms with Crippen molar-refractivity contribution in [1.82, 2.24) is 10.6 Å². The lowest BCUT2D eigenvalue weighted by molar-refractivity contribution is -0.123. The van der Waals surface area contributed by atoms with Crippen LogP contribution in [0.1, 0.15) is 5.56 Å². The zero-order chi connectivity index (χ0) is 25.1. The van der Waals surface area contributed by atoms with Crippen LogP contribution in [-0.2, 0) is 30.4 Å². The Morgan fingerprint density at radius 3 is 2.21 bits per heavy atom. The van der Waals surface area contributed by atoms with Crippen molar-refractivity contribution in [2.45, 2.75) is 12.5 Å². The lowest BCUT2D eigenvalue weighted by Crippen LogP contribution is -2.46. The molecule has 0 spiro atoms. The lowest BCUT2D eigenvalue weighted by Gasteiger charge is -2.26. The maximum absolute atomic E-state index is 13.6. The summed E-state index contributed by atoms with van der Waals surface area (Å²) in [6, 6.07) is 4.82. The molecule has 0 saturated heterocycles. The number of nitrogens with one attached hydrogen (secondary N) is 3. The van der Waals surface area contributed by atoms with Gasteiger partial charge in [0.1, 0.15) is 30.0 Å². The van der Waals surface area contributed by atoms with Gasteiger partial charge in [0.2, 0.25) is 18.2 Å². The number of carbonyl (C=O) groups is 5. The molecule has 0 aliphatic rings. The zero-order valence-corrected chi connectivity index (χ0v) is 17.7. The normalized spacial score (nSPS) is 11.1. The van der Waals surface area contributed by atoms with Crippen molar-refractivity contribution in [3.05, 3.63) is 59.4 Å². The molecule has 0 aromatic heterocycles. The highest BCUT2D eigenvalue weighted by Gasteiger charge is 2.21. The molecule has 2 aromatic carbocycles. The molecule has 2 aromatic rings. The Hall–Kier alpha value is -4.22. The maximum atomic E-state index is 13.6. The van der Waals surface area contributed by atoms with E-state index < -0.39 is 48.4 Å². The van der Waals surface area contributed by atoms with E-state index in [4.69, 9.17) is 0 Å². The van der Waals surface area contributed by atoms with Gasteiger partial charge in [0.25, 0.3) is 0 Å². The summed E-state index contributed by atoms with van der Waals surface area (Å²) in [5.41, 5.74) is 0.212. The number of hydrogen-bond acceptors (Lipinski definition) is 6. The molecule has 0 fully saturated rings. The van der Waals surface area contributed by atoms with Crippen molar-refractivity contribution in [1.29, 1.82) is 0 Å². The van der Waals surface area contributed by atoms with Crippen molar-refractivity contribution < 1.29 is 37.1 Å². The summed E-state index contributed by atoms with van der Waals surface area (Å²) in [5, 5.41) is 6.95. The number of rotatable bonds is 13. The first-order valence-corrected chi connectivity index (χ1v) is 9.90. The first kappa shape index (κ1) is 26.0. The Morgan fingerprint density at radius 1 is 0.912 bits per heavy atom. The molecule has 3 amide bonds. The number of nitrogens with zero attached hydrogens (tertiary/aromatic N) is 1. The predicted octanol–water partition coefficient (Wildman–Crippen LogP) is 0.720. The van der Waals surface area contributed by atoms with E-state index in [0.29, 0.717) is 18.6 Å². The molecule has 34 heavy (non-hydrogen) atoms. The molecule has 0 radical (unpaired) electrons. The summed E-state index contributed by atoms with van der Waals surface area (Å²) < 4.78 is 40.5. The number of carbonyl (C=O) groups excluding carboxylic acids is 5. The smallest absolute Gasteiger partial charge is 0.240 e. The minimum Gasteiger partial charge on any atom is -0.351 e. The predicted molar refractivity (Wildman–Crippen MR) is 115 cm³/mol. The Bertz CT molecular complexity index is 1050. The summed E-state index contributed by atoms with van der Waals surface area (Å²) in [6.45, 7) is -1.25. The van der Waals surface area contributed by atoms with Crippen LogP contribution >= 0.6 is 0 Å². The average Bonchev–Trinajstić information content (AvgIpc) is 2.76. The molecule has 3 N–H and O–H groups in total. The Labute approximate surface area is 192 Å². The molecule has 9 nitrogen and oxygen atoms in total. The van der Waals surface area contributed by atoms with Crippen LogP contribution in [0.4, 0.5) is 24.5 Å². The first-order chi connectivity index (χ1) is 16.2. The average molecular weight is 478 g/mol. The number of aldehydes is 2. The summed E-state index contributed by atoms with van der Waals surface area (Å²) in [5.74, 6) is -3.77. The highest BCUT2D eigenvalue weighted by atomic mass is 19.1. The fraction of sp³-hybridized carbons (Fsp3) is 0.227. The lowest BCUT2D eigenvalue weighted by atomic mass is 10.1. The highest BCUT2D eigenvalue weighted by Crippen LogP contribution is 2.26. The first-order valence-electron chi connectivity index (χ1n) is 9.90. The molecule has 1 atom stereocenters. The second-order valence-electron chi connectivity index (χ2n) is 7.04. The Morgan fingerprint density at radius 2 is 1.59 bits per heavy atom. The third-order valence-corrected chi connectivity index (χ3v) is 4.45. The van der Waals surface area contributed by atoms with Gasteiger partial charge in [0.15, 0.2) is 0 Å². The molecule has 2 rings (SSSR count). The highest BCUT2D eigenvalue weighted by molar-refractivity contribution is 5.91. The van der Waals surface area contributed by atoms with E-state index in [1.54, 1.807) is 0 Å². The van der Waals surface area contributed by atoms with Crippen molar-refractivity contribution in [3.8, 4) is 0 Å². The van der Waals surface area contributed by atoms with Crippen LogP contribution in [0.2, 0.25) is 0 Å². The van der Waals surface area contributed by atoms with E-state index in [9.17, 15) is 37.1 Å². The van der Waals surface area contributed by atoms with E-state index in [2.05, 4.69) is 16.0 Å². The summed E-state index contributed by atoms with van der Waals surface area (Å²) >= 11 is 0. The van der Waals surface area contributed by atoms with E-state index in [-0.39, 0.29) is 36.3 Å². The Balaban J connectivity index is 2.21. The van der Waals surface area contributed by atoms with E-state index in [1.165, 1.54) is 11.0 Å². The van der Waals surface area contributed by atoms with Gasteiger partial charge in [-0.05, 0) is 42.3 Å². The van der Waals surface area contributed by atoms with Crippen LogP contribution in [0.5, 0.6) is 0 Å². The number of anilines is 2. The molecule has 0 saturated carbocycles. The van der Waals surface area contributed by atoms with E-state index in [1.807, 2.05) is 0 Å². The molecule has 0 bridgehead atoms. The fourth-order valence-corrected chi connectivity index (χ4v) is 3.12. The summed E-state index contributed by atoms with van der Waals surface area (Å²) in [7, 11) is 0. The number of halogens is 3. The van der Waals surface area contributed by atoms with Crippen LogP contribution in [0.3, 0.4) is 0 Å². The minimum atomic E-state index is -1.14. The van der Waals surface area contributed by atoms with Gasteiger partial charge < -0.3 is 30.4 Å². The van der Waals surface area contributed by atoms with Crippen LogP contribution in [0.15, 0.2) is 36.4 Å². The number of hydrogen-bond donors (Lipinski definition) is 3. The second kappa shape index (κ2) is 12.7. The van der Waals surface area contributed by atoms with E-state index in [0.717, 1.165) is 24.3 Å². The van der Waals surface area contributed by atoms with Crippen molar-refractivity contribution in [3.63, 3.8) is 0 Å². The Kier molecular flexibility index (Phi) is 9.74. The molecule has 12 heteroatoms. The third-order valence-electron chi connectivity index (χ3n) is 4.45. The van der Waals surface area contributed by atoms with Crippen LogP contribution in [0.25, 0.3) is 0 Å². The van der Waals surface area contributed by atoms with Crippen molar-refractivity contribution >= 4 is 42.2 Å². The van der Waals surface area contributed by atoms with Gasteiger partial charge in [0, 0.05) is 6.07 Å². The van der Waals surface area contributed by atoms with Gasteiger partial charge in [-0.3, -0.25) is 14.4 Å². The summed E-state index contributed by atoms with van der Waals surface area (Å²) in [4.78, 5) is 58.8. The molecular weight excluding hydrogens is 457 g/mol. The number of benzene rings is 2.